The van der Waals surface area contributed by atoms with Crippen molar-refractivity contribution in [2.45, 2.75) is 6.54 Å². The van der Waals surface area contributed by atoms with Crippen LogP contribution in [0, 0.1) is 0 Å². The zero-order valence-corrected chi connectivity index (χ0v) is 18.3. The first-order valence-corrected chi connectivity index (χ1v) is 10.2. The van der Waals surface area contributed by atoms with Crippen molar-refractivity contribution >= 4 is 11.6 Å². The van der Waals surface area contributed by atoms with E-state index in [9.17, 15) is 4.79 Å². The molecule has 1 saturated heterocycles. The first kappa shape index (κ1) is 21.8. The van der Waals surface area contributed by atoms with E-state index in [0.717, 1.165) is 37.5 Å². The quantitative estimate of drug-likeness (QED) is 0.701. The van der Waals surface area contributed by atoms with Crippen LogP contribution in [0.5, 0.6) is 17.2 Å². The number of amides is 1. The van der Waals surface area contributed by atoms with Crippen LogP contribution >= 0.6 is 0 Å². The van der Waals surface area contributed by atoms with E-state index in [1.807, 2.05) is 37.4 Å². The number of likely N-dealkylation sites (N-methyl/N-ethyl adjacent to an activating group) is 1. The number of rotatable bonds is 8. The summed E-state index contributed by atoms with van der Waals surface area (Å²) in [5, 5.41) is 0. The Kier molecular flexibility index (Phi) is 7.41. The first-order valence-electron chi connectivity index (χ1n) is 10.2. The van der Waals surface area contributed by atoms with Crippen molar-refractivity contribution in [3.63, 3.8) is 0 Å². The van der Waals surface area contributed by atoms with Gasteiger partial charge >= 0.3 is 0 Å². The highest BCUT2D eigenvalue weighted by Gasteiger charge is 2.24. The third kappa shape index (κ3) is 5.16. The summed E-state index contributed by atoms with van der Waals surface area (Å²) in [7, 11) is 6.75. The Labute approximate surface area is 178 Å². The second-order valence-electron chi connectivity index (χ2n) is 7.51. The van der Waals surface area contributed by atoms with Crippen LogP contribution in [0.2, 0.25) is 0 Å². The Balaban J connectivity index is 1.52. The molecular weight excluding hydrogens is 382 g/mol. The van der Waals surface area contributed by atoms with E-state index < -0.39 is 0 Å². The number of nitrogens with zero attached hydrogens (tertiary/aromatic N) is 2. The maximum absolute atomic E-state index is 12.8. The van der Waals surface area contributed by atoms with Gasteiger partial charge in [0, 0.05) is 24.8 Å². The minimum absolute atomic E-state index is 0.132. The van der Waals surface area contributed by atoms with Gasteiger partial charge in [-0.05, 0) is 30.3 Å². The molecule has 2 aromatic carbocycles. The summed E-state index contributed by atoms with van der Waals surface area (Å²) in [5.41, 5.74) is 2.13. The Morgan fingerprint density at radius 3 is 2.30 bits per heavy atom. The molecule has 0 saturated carbocycles. The molecular formula is C23H32N3O4+. The lowest BCUT2D eigenvalue weighted by Gasteiger charge is -2.34. The summed E-state index contributed by atoms with van der Waals surface area (Å²) in [6, 6.07) is 13.9. The first-order chi connectivity index (χ1) is 14.5. The van der Waals surface area contributed by atoms with Crippen molar-refractivity contribution in [3.05, 3.63) is 48.0 Å². The molecule has 0 aliphatic carbocycles. The molecule has 1 fully saturated rings. The van der Waals surface area contributed by atoms with Gasteiger partial charge in [0.2, 0.25) is 0 Å². The number of carbonyl (C=O) groups excluding carboxylic acids is 1. The molecule has 7 heteroatoms. The second kappa shape index (κ2) is 10.2. The summed E-state index contributed by atoms with van der Waals surface area (Å²) >= 11 is 0. The Bertz CT molecular complexity index is 833. The van der Waals surface area contributed by atoms with Crippen LogP contribution in [0.15, 0.2) is 42.5 Å². The van der Waals surface area contributed by atoms with Gasteiger partial charge in [-0.3, -0.25) is 4.79 Å². The van der Waals surface area contributed by atoms with Gasteiger partial charge in [-0.25, -0.2) is 0 Å². The van der Waals surface area contributed by atoms with E-state index in [0.29, 0.717) is 24.6 Å². The summed E-state index contributed by atoms with van der Waals surface area (Å²) < 4.78 is 16.1. The predicted molar refractivity (Wildman–Crippen MR) is 117 cm³/mol. The third-order valence-electron chi connectivity index (χ3n) is 5.63. The number of anilines is 1. The third-order valence-corrected chi connectivity index (χ3v) is 5.63. The predicted octanol–water partition coefficient (Wildman–Crippen LogP) is 1.08. The Hall–Kier alpha value is -2.93. The number of piperazine rings is 1. The summed E-state index contributed by atoms with van der Waals surface area (Å²) in [5.74, 6) is 2.35. The summed E-state index contributed by atoms with van der Waals surface area (Å²) in [4.78, 5) is 18.2. The average molecular weight is 415 g/mol. The molecule has 30 heavy (non-hydrogen) atoms. The minimum atomic E-state index is 0.132. The molecule has 2 aromatic rings. The van der Waals surface area contributed by atoms with Gasteiger partial charge < -0.3 is 28.9 Å². The Morgan fingerprint density at radius 1 is 1.00 bits per heavy atom. The van der Waals surface area contributed by atoms with Crippen LogP contribution in [0.3, 0.4) is 0 Å². The molecule has 1 aliphatic rings. The van der Waals surface area contributed by atoms with Crippen molar-refractivity contribution in [2.75, 3.05) is 66.0 Å². The van der Waals surface area contributed by atoms with Gasteiger partial charge in [-0.1, -0.05) is 12.1 Å². The topological polar surface area (TPSA) is 55.7 Å². The normalized spacial score (nSPS) is 14.3. The average Bonchev–Trinajstić information content (AvgIpc) is 2.79. The number of methoxy groups -OCH3 is 3. The van der Waals surface area contributed by atoms with Gasteiger partial charge in [0.15, 0.2) is 18.0 Å². The molecule has 1 heterocycles. The van der Waals surface area contributed by atoms with Crippen molar-refractivity contribution in [2.24, 2.45) is 0 Å². The molecule has 1 N–H and O–H groups in total. The van der Waals surface area contributed by atoms with E-state index >= 15 is 0 Å². The maximum Gasteiger partial charge on any atom is 0.277 e. The van der Waals surface area contributed by atoms with E-state index in [4.69, 9.17) is 14.2 Å². The fraction of sp³-hybridized carbons (Fsp3) is 0.435. The molecule has 1 aliphatic heterocycles. The molecule has 0 atom stereocenters. The number of nitrogens with one attached hydrogen (secondary N) is 1. The summed E-state index contributed by atoms with van der Waals surface area (Å²) in [6.07, 6.45) is 0. The van der Waals surface area contributed by atoms with Crippen LogP contribution in [0.25, 0.3) is 0 Å². The minimum Gasteiger partial charge on any atom is -0.497 e. The number of benzene rings is 2. The number of hydrogen-bond acceptors (Lipinski definition) is 5. The van der Waals surface area contributed by atoms with E-state index in [2.05, 4.69) is 17.0 Å². The zero-order chi connectivity index (χ0) is 21.5. The highest BCUT2D eigenvalue weighted by atomic mass is 16.5. The lowest BCUT2D eigenvalue weighted by Crippen LogP contribution is -3.15. The standard InChI is InChI=1S/C23H31N3O4/c1-24(16-18-6-5-7-21(29-3)23(18)30-4)22(27)17-25-12-14-26(15-13-25)19-8-10-20(28-2)11-9-19/h5-11H,12-17H2,1-4H3/p+1. The number of ether oxygens (including phenoxy) is 3. The zero-order valence-electron chi connectivity index (χ0n) is 18.3. The van der Waals surface area contributed by atoms with Crippen LogP contribution in [-0.2, 0) is 11.3 Å². The van der Waals surface area contributed by atoms with Gasteiger partial charge in [-0.15, -0.1) is 0 Å². The van der Waals surface area contributed by atoms with Crippen LogP contribution in [-0.4, -0.2) is 71.9 Å². The van der Waals surface area contributed by atoms with Gasteiger partial charge in [0.05, 0.1) is 47.5 Å². The van der Waals surface area contributed by atoms with Gasteiger partial charge in [0.25, 0.3) is 5.91 Å². The van der Waals surface area contributed by atoms with E-state index in [-0.39, 0.29) is 5.91 Å². The molecule has 3 rings (SSSR count). The molecule has 0 spiro atoms. The van der Waals surface area contributed by atoms with Crippen LogP contribution in [0.1, 0.15) is 5.56 Å². The van der Waals surface area contributed by atoms with Crippen molar-refractivity contribution < 1.29 is 23.9 Å². The van der Waals surface area contributed by atoms with Crippen LogP contribution < -0.4 is 24.0 Å². The molecule has 7 nitrogen and oxygen atoms in total. The molecule has 0 radical (unpaired) electrons. The molecule has 0 bridgehead atoms. The number of carbonyl (C=O) groups is 1. The van der Waals surface area contributed by atoms with Crippen molar-refractivity contribution in [1.82, 2.24) is 4.90 Å². The lowest BCUT2D eigenvalue weighted by molar-refractivity contribution is -0.892. The molecule has 162 valence electrons. The molecule has 1 amide bonds. The van der Waals surface area contributed by atoms with Gasteiger partial charge in [0.1, 0.15) is 5.75 Å². The van der Waals surface area contributed by atoms with E-state index in [1.165, 1.54) is 10.6 Å². The second-order valence-corrected chi connectivity index (χ2v) is 7.51. The SMILES string of the molecule is COc1ccc(N2CC[NH+](CC(=O)N(C)Cc3cccc(OC)c3OC)CC2)cc1. The number of quaternary nitrogens is 1. The fourth-order valence-electron chi connectivity index (χ4n) is 3.82. The fourth-order valence-corrected chi connectivity index (χ4v) is 3.82. The van der Waals surface area contributed by atoms with Crippen molar-refractivity contribution in [3.8, 4) is 17.2 Å². The van der Waals surface area contributed by atoms with E-state index in [1.54, 1.807) is 26.2 Å². The largest absolute Gasteiger partial charge is 0.497 e. The highest BCUT2D eigenvalue weighted by Crippen LogP contribution is 2.31. The molecule has 0 aromatic heterocycles. The number of hydrogen-bond donors (Lipinski definition) is 1. The summed E-state index contributed by atoms with van der Waals surface area (Å²) in [6.45, 7) is 4.73. The smallest absolute Gasteiger partial charge is 0.277 e. The van der Waals surface area contributed by atoms with Gasteiger partial charge in [-0.2, -0.15) is 0 Å². The monoisotopic (exact) mass is 414 g/mol. The number of para-hydroxylation sites is 1. The molecule has 0 unspecified atom stereocenters. The Morgan fingerprint density at radius 2 is 1.70 bits per heavy atom. The highest BCUT2D eigenvalue weighted by molar-refractivity contribution is 5.77. The maximum atomic E-state index is 12.8. The van der Waals surface area contributed by atoms with Crippen molar-refractivity contribution in [1.29, 1.82) is 0 Å². The van der Waals surface area contributed by atoms with Crippen LogP contribution in [0.4, 0.5) is 5.69 Å². The lowest BCUT2D eigenvalue weighted by atomic mass is 10.1.